The minimum absolute atomic E-state index is 0.00247. The fourth-order valence-electron chi connectivity index (χ4n) is 3.00. The van der Waals surface area contributed by atoms with E-state index in [9.17, 15) is 27.2 Å². The second-order valence-corrected chi connectivity index (χ2v) is 7.89. The van der Waals surface area contributed by atoms with Crippen LogP contribution in [0.3, 0.4) is 0 Å². The lowest BCUT2D eigenvalue weighted by Crippen LogP contribution is -2.36. The number of amides is 1. The number of aromatic nitrogens is 4. The molecule has 0 saturated heterocycles. The van der Waals surface area contributed by atoms with Gasteiger partial charge in [0.25, 0.3) is 11.5 Å². The van der Waals surface area contributed by atoms with E-state index in [2.05, 4.69) is 25.3 Å². The largest absolute Gasteiger partial charge is 0.446 e. The standard InChI is InChI=1S/C19H13F4N5O2S/c20-11-8-10(2-3-13(11)31-19(21,22)23)18(4-5-18)28-17(30)12-9-14(29)27-16(26-12)15-24-6-1-7-25-15/h1-3,6-9H,4-5H2,(H,28,30)(H,26,27,29). The third-order valence-corrected chi connectivity index (χ3v) is 5.35. The van der Waals surface area contributed by atoms with E-state index in [0.29, 0.717) is 18.4 Å². The van der Waals surface area contributed by atoms with Gasteiger partial charge in [0.2, 0.25) is 0 Å². The summed E-state index contributed by atoms with van der Waals surface area (Å²) in [6, 6.07) is 5.94. The van der Waals surface area contributed by atoms with Crippen LogP contribution in [0.25, 0.3) is 11.6 Å². The highest BCUT2D eigenvalue weighted by Gasteiger charge is 2.46. The molecule has 4 rings (SSSR count). The fraction of sp³-hybridized carbons (Fsp3) is 0.211. The van der Waals surface area contributed by atoms with E-state index in [4.69, 9.17) is 0 Å². The Balaban J connectivity index is 1.57. The van der Waals surface area contributed by atoms with Gasteiger partial charge in [0.15, 0.2) is 11.6 Å². The van der Waals surface area contributed by atoms with Crippen LogP contribution in [0.5, 0.6) is 0 Å². The molecule has 3 aromatic rings. The molecule has 0 radical (unpaired) electrons. The first-order valence-corrected chi connectivity index (χ1v) is 9.74. The molecule has 0 bridgehead atoms. The van der Waals surface area contributed by atoms with Crippen LogP contribution in [0, 0.1) is 5.82 Å². The highest BCUT2D eigenvalue weighted by Crippen LogP contribution is 2.47. The molecule has 0 atom stereocenters. The molecule has 12 heteroatoms. The molecular weight excluding hydrogens is 438 g/mol. The SMILES string of the molecule is O=C(NC1(c2ccc(SC(F)(F)F)c(F)c2)CC1)c1cc(=O)[nH]c(-c2ncccn2)n1. The summed E-state index contributed by atoms with van der Waals surface area (Å²) in [5.41, 5.74) is -6.00. The number of hydrogen-bond donors (Lipinski definition) is 2. The van der Waals surface area contributed by atoms with Crippen LogP contribution in [0.2, 0.25) is 0 Å². The number of alkyl halides is 3. The lowest BCUT2D eigenvalue weighted by molar-refractivity contribution is -0.0329. The molecule has 1 aliphatic rings. The number of H-pyrrole nitrogens is 1. The number of benzene rings is 1. The first-order valence-electron chi connectivity index (χ1n) is 8.92. The van der Waals surface area contributed by atoms with Gasteiger partial charge in [-0.15, -0.1) is 0 Å². The van der Waals surface area contributed by atoms with Crippen LogP contribution in [-0.4, -0.2) is 31.4 Å². The first-order chi connectivity index (χ1) is 14.7. The number of nitrogens with zero attached hydrogens (tertiary/aromatic N) is 3. The van der Waals surface area contributed by atoms with Crippen LogP contribution in [0.1, 0.15) is 28.9 Å². The zero-order chi connectivity index (χ0) is 22.2. The van der Waals surface area contributed by atoms with Crippen molar-refractivity contribution in [2.45, 2.75) is 28.8 Å². The predicted molar refractivity (Wildman–Crippen MR) is 103 cm³/mol. The van der Waals surface area contributed by atoms with Gasteiger partial charge in [-0.25, -0.2) is 19.3 Å². The Hall–Kier alpha value is -3.28. The molecule has 2 heterocycles. The highest BCUT2D eigenvalue weighted by molar-refractivity contribution is 8.00. The third kappa shape index (κ3) is 4.74. The summed E-state index contributed by atoms with van der Waals surface area (Å²) in [6.07, 6.45) is 3.82. The van der Waals surface area contributed by atoms with Gasteiger partial charge in [-0.3, -0.25) is 9.59 Å². The number of carbonyl (C=O) groups is 1. The zero-order valence-electron chi connectivity index (χ0n) is 15.5. The molecule has 2 aromatic heterocycles. The van der Waals surface area contributed by atoms with Crippen LogP contribution in [0.4, 0.5) is 17.6 Å². The van der Waals surface area contributed by atoms with Crippen molar-refractivity contribution >= 4 is 17.7 Å². The average molecular weight is 451 g/mol. The van der Waals surface area contributed by atoms with Crippen LogP contribution >= 0.6 is 11.8 Å². The summed E-state index contributed by atoms with van der Waals surface area (Å²) in [7, 11) is 0. The van der Waals surface area contributed by atoms with Crippen molar-refractivity contribution in [1.82, 2.24) is 25.3 Å². The second kappa shape index (κ2) is 7.76. The van der Waals surface area contributed by atoms with Gasteiger partial charge >= 0.3 is 5.51 Å². The highest BCUT2D eigenvalue weighted by atomic mass is 32.2. The molecule has 0 unspecified atom stereocenters. The van der Waals surface area contributed by atoms with E-state index in [1.807, 2.05) is 0 Å². The first kappa shape index (κ1) is 21.0. The quantitative estimate of drug-likeness (QED) is 0.456. The Kier molecular flexibility index (Phi) is 5.25. The summed E-state index contributed by atoms with van der Waals surface area (Å²) in [5, 5.41) is 2.71. The summed E-state index contributed by atoms with van der Waals surface area (Å²) in [4.78, 5) is 38.6. The van der Waals surface area contributed by atoms with Crippen molar-refractivity contribution in [3.05, 3.63) is 70.2 Å². The topological polar surface area (TPSA) is 101 Å². The molecule has 1 aliphatic carbocycles. The van der Waals surface area contributed by atoms with Crippen molar-refractivity contribution < 1.29 is 22.4 Å². The molecule has 1 aromatic carbocycles. The fourth-order valence-corrected chi connectivity index (χ4v) is 3.54. The van der Waals surface area contributed by atoms with E-state index < -0.39 is 45.0 Å². The van der Waals surface area contributed by atoms with E-state index in [0.717, 1.165) is 18.2 Å². The van der Waals surface area contributed by atoms with Gasteiger partial charge in [-0.2, -0.15) is 13.2 Å². The van der Waals surface area contributed by atoms with E-state index in [1.54, 1.807) is 6.07 Å². The Labute approximate surface area is 176 Å². The Morgan fingerprint density at radius 2 is 1.87 bits per heavy atom. The Morgan fingerprint density at radius 3 is 2.48 bits per heavy atom. The number of rotatable bonds is 5. The van der Waals surface area contributed by atoms with Gasteiger partial charge in [-0.05, 0) is 48.4 Å². The molecule has 1 saturated carbocycles. The maximum Gasteiger partial charge on any atom is 0.446 e. The van der Waals surface area contributed by atoms with Crippen molar-refractivity contribution in [2.24, 2.45) is 0 Å². The summed E-state index contributed by atoms with van der Waals surface area (Å²) >= 11 is -0.543. The predicted octanol–water partition coefficient (Wildman–Crippen LogP) is 3.40. The third-order valence-electron chi connectivity index (χ3n) is 4.56. The molecule has 160 valence electrons. The second-order valence-electron chi connectivity index (χ2n) is 6.78. The summed E-state index contributed by atoms with van der Waals surface area (Å²) in [6.45, 7) is 0. The number of carbonyl (C=O) groups excluding carboxylic acids is 1. The number of thioether (sulfide) groups is 1. The van der Waals surface area contributed by atoms with Crippen LogP contribution in [-0.2, 0) is 5.54 Å². The average Bonchev–Trinajstić information content (AvgIpc) is 3.49. The minimum atomic E-state index is -4.61. The monoisotopic (exact) mass is 451 g/mol. The molecule has 7 nitrogen and oxygen atoms in total. The van der Waals surface area contributed by atoms with E-state index in [1.165, 1.54) is 18.5 Å². The van der Waals surface area contributed by atoms with Crippen molar-refractivity contribution in [3.8, 4) is 11.6 Å². The number of hydrogen-bond acceptors (Lipinski definition) is 6. The smallest absolute Gasteiger partial charge is 0.341 e. The summed E-state index contributed by atoms with van der Waals surface area (Å²) in [5.74, 6) is -1.59. The number of halogens is 4. The Bertz CT molecular complexity index is 1200. The summed E-state index contributed by atoms with van der Waals surface area (Å²) < 4.78 is 51.7. The van der Waals surface area contributed by atoms with Crippen LogP contribution in [0.15, 0.2) is 52.4 Å². The van der Waals surface area contributed by atoms with E-state index in [-0.39, 0.29) is 17.3 Å². The zero-order valence-corrected chi connectivity index (χ0v) is 16.4. The van der Waals surface area contributed by atoms with Crippen molar-refractivity contribution in [3.63, 3.8) is 0 Å². The van der Waals surface area contributed by atoms with Crippen molar-refractivity contribution in [1.29, 1.82) is 0 Å². The van der Waals surface area contributed by atoms with Crippen molar-refractivity contribution in [2.75, 3.05) is 0 Å². The van der Waals surface area contributed by atoms with Gasteiger partial charge in [0.1, 0.15) is 11.5 Å². The molecule has 1 amide bonds. The van der Waals surface area contributed by atoms with Gasteiger partial charge < -0.3 is 10.3 Å². The van der Waals surface area contributed by atoms with Gasteiger partial charge in [-0.1, -0.05) is 6.07 Å². The van der Waals surface area contributed by atoms with E-state index >= 15 is 0 Å². The molecule has 31 heavy (non-hydrogen) atoms. The number of nitrogens with one attached hydrogen (secondary N) is 2. The maximum atomic E-state index is 14.2. The van der Waals surface area contributed by atoms with Crippen LogP contribution < -0.4 is 10.9 Å². The molecule has 1 fully saturated rings. The molecule has 0 spiro atoms. The molecular formula is C19H13F4N5O2S. The minimum Gasteiger partial charge on any atom is -0.341 e. The maximum absolute atomic E-state index is 14.2. The molecule has 0 aliphatic heterocycles. The van der Waals surface area contributed by atoms with Gasteiger partial charge in [0.05, 0.1) is 10.4 Å². The lowest BCUT2D eigenvalue weighted by Gasteiger charge is -2.19. The normalized spacial score (nSPS) is 14.8. The number of aromatic amines is 1. The Morgan fingerprint density at radius 1 is 1.16 bits per heavy atom. The van der Waals surface area contributed by atoms with Gasteiger partial charge in [0, 0.05) is 18.5 Å². The molecule has 2 N–H and O–H groups in total. The lowest BCUT2D eigenvalue weighted by atomic mass is 10.0.